The molecule has 0 N–H and O–H groups in total. The van der Waals surface area contributed by atoms with E-state index in [0.717, 1.165) is 100 Å². The van der Waals surface area contributed by atoms with Crippen LogP contribution < -0.4 is 0 Å². The predicted octanol–water partition coefficient (Wildman–Crippen LogP) is 14.8. The van der Waals surface area contributed by atoms with E-state index < -0.39 is 0 Å². The number of benzene rings is 8. The molecule has 0 radical (unpaired) electrons. The van der Waals surface area contributed by atoms with Crippen molar-refractivity contribution >= 4 is 10.8 Å². The van der Waals surface area contributed by atoms with Gasteiger partial charge in [-0.15, -0.1) is 0 Å². The summed E-state index contributed by atoms with van der Waals surface area (Å²) in [4.78, 5) is 10.3. The van der Waals surface area contributed by atoms with Gasteiger partial charge in [0.05, 0.1) is 34.4 Å². The Labute approximate surface area is 350 Å². The van der Waals surface area contributed by atoms with Crippen LogP contribution in [0, 0.1) is 11.3 Å². The Balaban J connectivity index is 1.07. The summed E-state index contributed by atoms with van der Waals surface area (Å²) in [6.07, 6.45) is 0. The molecule has 2 aromatic heterocycles. The number of hydrogen-bond acceptors (Lipinski definition) is 3. The molecule has 0 spiro atoms. The molecule has 0 fully saturated rings. The van der Waals surface area contributed by atoms with Gasteiger partial charge in [-0.25, -0.2) is 9.97 Å². The molecule has 0 aliphatic heterocycles. The Morgan fingerprint density at radius 1 is 0.283 bits per heavy atom. The molecule has 60 heavy (non-hydrogen) atoms. The average molecular weight is 764 g/mol. The van der Waals surface area contributed by atoms with Crippen LogP contribution in [0.25, 0.3) is 100 Å². The van der Waals surface area contributed by atoms with E-state index in [1.165, 1.54) is 0 Å². The summed E-state index contributed by atoms with van der Waals surface area (Å²) in [5, 5.41) is 12.4. The van der Waals surface area contributed by atoms with Gasteiger partial charge in [-0.2, -0.15) is 5.26 Å². The Morgan fingerprint density at radius 2 is 0.617 bits per heavy atom. The smallest absolute Gasteiger partial charge is 0.0998 e. The number of nitrogens with zero attached hydrogens (tertiary/aromatic N) is 3. The van der Waals surface area contributed by atoms with Crippen molar-refractivity contribution < 1.29 is 0 Å². The average Bonchev–Trinajstić information content (AvgIpc) is 3.34. The fourth-order valence-electron chi connectivity index (χ4n) is 8.10. The maximum Gasteiger partial charge on any atom is 0.0998 e. The minimum absolute atomic E-state index is 0.644. The van der Waals surface area contributed by atoms with Crippen molar-refractivity contribution in [2.75, 3.05) is 0 Å². The van der Waals surface area contributed by atoms with E-state index in [1.54, 1.807) is 0 Å². The minimum Gasteiger partial charge on any atom is -0.248 e. The summed E-state index contributed by atoms with van der Waals surface area (Å²) in [5.41, 5.74) is 17.2. The van der Waals surface area contributed by atoms with Gasteiger partial charge >= 0.3 is 0 Å². The second kappa shape index (κ2) is 16.0. The minimum atomic E-state index is 0.644. The van der Waals surface area contributed by atoms with E-state index >= 15 is 0 Å². The van der Waals surface area contributed by atoms with E-state index in [1.807, 2.05) is 60.7 Å². The lowest BCUT2D eigenvalue weighted by atomic mass is 9.87. The first-order chi connectivity index (χ1) is 29.7. The molecule has 10 aromatic rings. The Kier molecular flexibility index (Phi) is 9.64. The summed E-state index contributed by atoms with van der Waals surface area (Å²) in [6, 6.07) is 80.3. The number of nitriles is 1. The van der Waals surface area contributed by atoms with Crippen LogP contribution in [0.2, 0.25) is 0 Å². The van der Waals surface area contributed by atoms with Crippen LogP contribution in [0.1, 0.15) is 5.56 Å². The highest BCUT2D eigenvalue weighted by Gasteiger charge is 2.17. The van der Waals surface area contributed by atoms with Gasteiger partial charge in [-0.1, -0.05) is 194 Å². The summed E-state index contributed by atoms with van der Waals surface area (Å²) in [7, 11) is 0. The summed E-state index contributed by atoms with van der Waals surface area (Å²) in [5.74, 6) is 0. The van der Waals surface area contributed by atoms with Gasteiger partial charge in [-0.3, -0.25) is 0 Å². The highest BCUT2D eigenvalue weighted by atomic mass is 14.7. The fraction of sp³-hybridized carbons (Fsp3) is 0. The third-order valence-electron chi connectivity index (χ3n) is 11.1. The van der Waals surface area contributed by atoms with Crippen LogP contribution in [-0.4, -0.2) is 9.97 Å². The molecule has 0 bridgehead atoms. The van der Waals surface area contributed by atoms with Crippen molar-refractivity contribution in [2.24, 2.45) is 0 Å². The van der Waals surface area contributed by atoms with Gasteiger partial charge < -0.3 is 0 Å². The van der Waals surface area contributed by atoms with Crippen molar-refractivity contribution in [2.45, 2.75) is 0 Å². The van der Waals surface area contributed by atoms with E-state index in [-0.39, 0.29) is 0 Å². The predicted molar refractivity (Wildman–Crippen MR) is 248 cm³/mol. The van der Waals surface area contributed by atoms with Crippen LogP contribution in [0.3, 0.4) is 0 Å². The number of hydrogen-bond donors (Lipinski definition) is 0. The molecule has 0 saturated heterocycles. The second-order valence-electron chi connectivity index (χ2n) is 14.9. The summed E-state index contributed by atoms with van der Waals surface area (Å²) < 4.78 is 0. The quantitative estimate of drug-likeness (QED) is 0.155. The maximum atomic E-state index is 10.4. The van der Waals surface area contributed by atoms with Crippen LogP contribution in [-0.2, 0) is 0 Å². The lowest BCUT2D eigenvalue weighted by Crippen LogP contribution is -1.94. The van der Waals surface area contributed by atoms with Crippen LogP contribution in [0.15, 0.2) is 224 Å². The molecule has 0 atom stereocenters. The van der Waals surface area contributed by atoms with E-state index in [4.69, 9.17) is 9.97 Å². The summed E-state index contributed by atoms with van der Waals surface area (Å²) >= 11 is 0. The largest absolute Gasteiger partial charge is 0.248 e. The van der Waals surface area contributed by atoms with Crippen molar-refractivity contribution in [1.29, 1.82) is 5.26 Å². The molecule has 280 valence electrons. The van der Waals surface area contributed by atoms with Crippen molar-refractivity contribution in [3.63, 3.8) is 0 Å². The molecule has 0 aliphatic carbocycles. The standard InChI is InChI=1S/C57H37N3/c58-38-49-33-52(41-25-27-44(28-26-41)55-36-47(39-15-5-1-6-16-39)34-53(59-55)42-19-9-3-10-20-42)57(51-24-14-13-23-50(49)51)46-31-29-45(30-32-46)56-37-48(40-17-7-2-8-18-40)35-54(60-56)43-21-11-4-12-22-43/h1-37H. The van der Waals surface area contributed by atoms with Crippen molar-refractivity contribution in [1.82, 2.24) is 9.97 Å². The number of aromatic nitrogens is 2. The van der Waals surface area contributed by atoms with Crippen molar-refractivity contribution in [3.8, 4) is 95.6 Å². The fourth-order valence-corrected chi connectivity index (χ4v) is 8.10. The van der Waals surface area contributed by atoms with E-state index in [0.29, 0.717) is 5.56 Å². The zero-order valence-corrected chi connectivity index (χ0v) is 32.7. The molecule has 10 rings (SSSR count). The van der Waals surface area contributed by atoms with Gasteiger partial charge in [0.1, 0.15) is 0 Å². The molecule has 3 heteroatoms. The lowest BCUT2D eigenvalue weighted by molar-refractivity contribution is 1.32. The molecular formula is C57H37N3. The van der Waals surface area contributed by atoms with Gasteiger partial charge in [-0.05, 0) is 80.2 Å². The number of rotatable bonds is 8. The van der Waals surface area contributed by atoms with Crippen LogP contribution in [0.5, 0.6) is 0 Å². The monoisotopic (exact) mass is 763 g/mol. The number of pyridine rings is 2. The Bertz CT molecular complexity index is 3040. The maximum absolute atomic E-state index is 10.4. The van der Waals surface area contributed by atoms with Crippen molar-refractivity contribution in [3.05, 3.63) is 230 Å². The van der Waals surface area contributed by atoms with E-state index in [9.17, 15) is 5.26 Å². The first-order valence-corrected chi connectivity index (χ1v) is 20.1. The third-order valence-corrected chi connectivity index (χ3v) is 11.1. The van der Waals surface area contributed by atoms with Crippen LogP contribution >= 0.6 is 0 Å². The topological polar surface area (TPSA) is 49.6 Å². The van der Waals surface area contributed by atoms with Gasteiger partial charge in [0.2, 0.25) is 0 Å². The number of fused-ring (bicyclic) bond motifs is 1. The summed E-state index contributed by atoms with van der Waals surface area (Å²) in [6.45, 7) is 0. The van der Waals surface area contributed by atoms with Gasteiger partial charge in [0.25, 0.3) is 0 Å². The molecule has 0 saturated carbocycles. The van der Waals surface area contributed by atoms with E-state index in [2.05, 4.69) is 170 Å². The molecule has 8 aromatic carbocycles. The zero-order valence-electron chi connectivity index (χ0n) is 32.7. The molecule has 2 heterocycles. The molecular weight excluding hydrogens is 727 g/mol. The highest BCUT2D eigenvalue weighted by Crippen LogP contribution is 2.42. The Hall–Kier alpha value is -8.19. The first kappa shape index (κ1) is 36.2. The lowest BCUT2D eigenvalue weighted by Gasteiger charge is -2.17. The first-order valence-electron chi connectivity index (χ1n) is 20.1. The SMILES string of the molecule is N#Cc1cc(-c2ccc(-c3cc(-c4ccccc4)cc(-c4ccccc4)n3)cc2)c(-c2ccc(-c3cc(-c4ccccc4)cc(-c4ccccc4)n3)cc2)c2ccccc12. The second-order valence-corrected chi connectivity index (χ2v) is 14.9. The van der Waals surface area contributed by atoms with Gasteiger partial charge in [0, 0.05) is 27.6 Å². The molecule has 0 amide bonds. The molecule has 0 aliphatic rings. The van der Waals surface area contributed by atoms with Crippen LogP contribution in [0.4, 0.5) is 0 Å². The van der Waals surface area contributed by atoms with Gasteiger partial charge in [0.15, 0.2) is 0 Å². The third kappa shape index (κ3) is 7.15. The molecule has 0 unspecified atom stereocenters. The normalized spacial score (nSPS) is 11.0. The molecule has 3 nitrogen and oxygen atoms in total. The highest BCUT2D eigenvalue weighted by molar-refractivity contribution is 6.07. The Morgan fingerprint density at radius 3 is 1.03 bits per heavy atom. The zero-order chi connectivity index (χ0) is 40.3.